The summed E-state index contributed by atoms with van der Waals surface area (Å²) < 4.78 is 32.2. The monoisotopic (exact) mass is 551 g/mol. The average molecular weight is 552 g/mol. The van der Waals surface area contributed by atoms with Crippen LogP contribution in [0.1, 0.15) is 41.6 Å². The molecule has 4 aromatic rings. The summed E-state index contributed by atoms with van der Waals surface area (Å²) in [5.41, 5.74) is 1.04. The molecule has 0 saturated heterocycles. The Morgan fingerprint density at radius 2 is 1.86 bits per heavy atom. The van der Waals surface area contributed by atoms with Crippen LogP contribution >= 0.6 is 15.9 Å². The number of rotatable bonds is 6. The lowest BCUT2D eigenvalue weighted by Gasteiger charge is -2.26. The molecule has 0 aliphatic carbocycles. The molecule has 1 amide bonds. The summed E-state index contributed by atoms with van der Waals surface area (Å²) in [6.07, 6.45) is 0. The van der Waals surface area contributed by atoms with Crippen molar-refractivity contribution in [1.29, 1.82) is 0 Å². The molecule has 0 radical (unpaired) electrons. The fourth-order valence-corrected chi connectivity index (χ4v) is 4.77. The number of amides is 1. The quantitative estimate of drug-likeness (QED) is 0.274. The van der Waals surface area contributed by atoms with Gasteiger partial charge in [-0.25, -0.2) is 4.39 Å². The summed E-state index contributed by atoms with van der Waals surface area (Å²) in [4.78, 5) is 28.9. The standard InChI is InChI=1S/C28H23BrFNO5/c1-15(2)14-35-22-9-7-16(11-23(22)34-3)25-24-26(32)20-13-18(30)8-10-21(20)36-27(24)28(33)31(25)19-6-4-5-17(29)12-19/h4-13,15,25H,14H2,1-3H3. The van der Waals surface area contributed by atoms with Crippen molar-refractivity contribution in [2.24, 2.45) is 5.92 Å². The number of halogens is 2. The average Bonchev–Trinajstić information content (AvgIpc) is 3.15. The number of benzene rings is 3. The first-order valence-corrected chi connectivity index (χ1v) is 12.2. The van der Waals surface area contributed by atoms with Gasteiger partial charge in [0, 0.05) is 10.2 Å². The SMILES string of the molecule is COc1cc(C2c3c(oc4ccc(F)cc4c3=O)C(=O)N2c2cccc(Br)c2)ccc1OCC(C)C. The smallest absolute Gasteiger partial charge is 0.295 e. The summed E-state index contributed by atoms with van der Waals surface area (Å²) >= 11 is 3.46. The Kier molecular flexibility index (Phi) is 6.30. The van der Waals surface area contributed by atoms with Crippen LogP contribution in [0.15, 0.2) is 74.3 Å². The van der Waals surface area contributed by atoms with Crippen LogP contribution < -0.4 is 19.8 Å². The number of carbonyl (C=O) groups is 1. The Hall–Kier alpha value is -3.65. The lowest BCUT2D eigenvalue weighted by molar-refractivity contribution is 0.0971. The molecule has 0 saturated carbocycles. The molecular weight excluding hydrogens is 529 g/mol. The second-order valence-electron chi connectivity index (χ2n) is 8.99. The molecular formula is C28H23BrFNO5. The van der Waals surface area contributed by atoms with Gasteiger partial charge in [0.2, 0.25) is 5.76 Å². The lowest BCUT2D eigenvalue weighted by Crippen LogP contribution is -2.29. The molecule has 3 aromatic carbocycles. The number of nitrogens with zero attached hydrogens (tertiary/aromatic N) is 1. The summed E-state index contributed by atoms with van der Waals surface area (Å²) in [5, 5.41) is 0.0755. The molecule has 1 aliphatic heterocycles. The molecule has 184 valence electrons. The van der Waals surface area contributed by atoms with Gasteiger partial charge in [-0.05, 0) is 60.0 Å². The molecule has 0 bridgehead atoms. The van der Waals surface area contributed by atoms with Crippen molar-refractivity contribution < 1.29 is 23.1 Å². The number of carbonyl (C=O) groups excluding carboxylic acids is 1. The Labute approximate surface area is 215 Å². The minimum atomic E-state index is -0.821. The van der Waals surface area contributed by atoms with Crippen LogP contribution in [0.4, 0.5) is 10.1 Å². The number of anilines is 1. The first-order chi connectivity index (χ1) is 17.3. The molecule has 1 aliphatic rings. The van der Waals surface area contributed by atoms with Gasteiger partial charge < -0.3 is 13.9 Å². The van der Waals surface area contributed by atoms with E-state index in [1.165, 1.54) is 24.1 Å². The van der Waals surface area contributed by atoms with Gasteiger partial charge in [-0.15, -0.1) is 0 Å². The van der Waals surface area contributed by atoms with Crippen molar-refractivity contribution in [1.82, 2.24) is 0 Å². The minimum Gasteiger partial charge on any atom is -0.493 e. The number of ether oxygens (including phenoxy) is 2. The van der Waals surface area contributed by atoms with Crippen LogP contribution in [0.5, 0.6) is 11.5 Å². The molecule has 2 heterocycles. The first kappa shape index (κ1) is 24.1. The van der Waals surface area contributed by atoms with E-state index in [0.29, 0.717) is 35.3 Å². The normalized spacial score (nSPS) is 15.0. The predicted molar refractivity (Wildman–Crippen MR) is 139 cm³/mol. The highest BCUT2D eigenvalue weighted by Crippen LogP contribution is 2.43. The van der Waals surface area contributed by atoms with Crippen molar-refractivity contribution in [2.75, 3.05) is 18.6 Å². The van der Waals surface area contributed by atoms with E-state index in [-0.39, 0.29) is 22.3 Å². The molecule has 8 heteroatoms. The van der Waals surface area contributed by atoms with E-state index < -0.39 is 23.2 Å². The van der Waals surface area contributed by atoms with E-state index in [2.05, 4.69) is 15.9 Å². The highest BCUT2D eigenvalue weighted by atomic mass is 79.9. The molecule has 0 spiro atoms. The third-order valence-electron chi connectivity index (χ3n) is 5.99. The molecule has 0 N–H and O–H groups in total. The van der Waals surface area contributed by atoms with Crippen LogP contribution in [-0.2, 0) is 0 Å². The van der Waals surface area contributed by atoms with Crippen LogP contribution in [0, 0.1) is 11.7 Å². The van der Waals surface area contributed by atoms with Gasteiger partial charge in [0.15, 0.2) is 16.9 Å². The molecule has 1 atom stereocenters. The zero-order valence-corrected chi connectivity index (χ0v) is 21.5. The van der Waals surface area contributed by atoms with Gasteiger partial charge in [-0.1, -0.05) is 41.9 Å². The van der Waals surface area contributed by atoms with Gasteiger partial charge in [-0.2, -0.15) is 0 Å². The van der Waals surface area contributed by atoms with Gasteiger partial charge in [-0.3, -0.25) is 14.5 Å². The second kappa shape index (κ2) is 9.43. The van der Waals surface area contributed by atoms with E-state index >= 15 is 0 Å². The summed E-state index contributed by atoms with van der Waals surface area (Å²) in [6, 6.07) is 15.4. The van der Waals surface area contributed by atoms with Crippen molar-refractivity contribution >= 4 is 38.5 Å². The van der Waals surface area contributed by atoms with E-state index in [9.17, 15) is 14.0 Å². The van der Waals surface area contributed by atoms with Crippen LogP contribution in [0.25, 0.3) is 11.0 Å². The fraction of sp³-hybridized carbons (Fsp3) is 0.214. The maximum atomic E-state index is 14.0. The lowest BCUT2D eigenvalue weighted by atomic mass is 9.97. The number of hydrogen-bond donors (Lipinski definition) is 0. The topological polar surface area (TPSA) is 69.0 Å². The summed E-state index contributed by atoms with van der Waals surface area (Å²) in [5.74, 6) is 0.256. The fourth-order valence-electron chi connectivity index (χ4n) is 4.38. The predicted octanol–water partition coefficient (Wildman–Crippen LogP) is 6.49. The second-order valence-corrected chi connectivity index (χ2v) is 9.90. The third-order valence-corrected chi connectivity index (χ3v) is 6.49. The van der Waals surface area contributed by atoms with E-state index in [0.717, 1.165) is 10.5 Å². The highest BCUT2D eigenvalue weighted by molar-refractivity contribution is 9.10. The van der Waals surface area contributed by atoms with Crippen LogP contribution in [-0.4, -0.2) is 19.6 Å². The molecule has 0 fully saturated rings. The molecule has 1 aromatic heterocycles. The highest BCUT2D eigenvalue weighted by Gasteiger charge is 2.44. The Morgan fingerprint density at radius 1 is 1.06 bits per heavy atom. The van der Waals surface area contributed by atoms with E-state index in [4.69, 9.17) is 13.9 Å². The van der Waals surface area contributed by atoms with Crippen molar-refractivity contribution in [3.05, 3.63) is 98.1 Å². The largest absolute Gasteiger partial charge is 0.493 e. The minimum absolute atomic E-state index is 0.0665. The van der Waals surface area contributed by atoms with Crippen molar-refractivity contribution in [3.8, 4) is 11.5 Å². The Bertz CT molecular complexity index is 1550. The molecule has 1 unspecified atom stereocenters. The maximum absolute atomic E-state index is 14.0. The van der Waals surface area contributed by atoms with Gasteiger partial charge in [0.25, 0.3) is 5.91 Å². The van der Waals surface area contributed by atoms with Crippen LogP contribution in [0.2, 0.25) is 0 Å². The maximum Gasteiger partial charge on any atom is 0.295 e. The molecule has 6 nitrogen and oxygen atoms in total. The van der Waals surface area contributed by atoms with Crippen molar-refractivity contribution in [2.45, 2.75) is 19.9 Å². The zero-order chi connectivity index (χ0) is 25.6. The third kappa shape index (κ3) is 4.15. The van der Waals surface area contributed by atoms with Gasteiger partial charge in [0.05, 0.1) is 30.7 Å². The number of methoxy groups -OCH3 is 1. The van der Waals surface area contributed by atoms with Crippen molar-refractivity contribution in [3.63, 3.8) is 0 Å². The summed E-state index contributed by atoms with van der Waals surface area (Å²) in [6.45, 7) is 4.60. The van der Waals surface area contributed by atoms with Crippen LogP contribution in [0.3, 0.4) is 0 Å². The first-order valence-electron chi connectivity index (χ1n) is 11.4. The molecule has 5 rings (SSSR count). The number of fused-ring (bicyclic) bond motifs is 2. The molecule has 36 heavy (non-hydrogen) atoms. The van der Waals surface area contributed by atoms with E-state index in [1.54, 1.807) is 36.4 Å². The summed E-state index contributed by atoms with van der Waals surface area (Å²) in [7, 11) is 1.53. The van der Waals surface area contributed by atoms with E-state index in [1.807, 2.05) is 19.9 Å². The van der Waals surface area contributed by atoms with Gasteiger partial charge in [0.1, 0.15) is 11.4 Å². The Balaban J connectivity index is 1.74. The Morgan fingerprint density at radius 3 is 2.58 bits per heavy atom. The number of hydrogen-bond acceptors (Lipinski definition) is 5. The zero-order valence-electron chi connectivity index (χ0n) is 19.9. The van der Waals surface area contributed by atoms with Gasteiger partial charge >= 0.3 is 0 Å².